The van der Waals surface area contributed by atoms with Crippen LogP contribution in [0, 0.1) is 11.9 Å². The fourth-order valence-corrected chi connectivity index (χ4v) is 13.1. The van der Waals surface area contributed by atoms with Crippen LogP contribution in [0.5, 0.6) is 0 Å². The molecule has 3 aliphatic rings. The largest absolute Gasteiger partial charge is 0.354 e. The van der Waals surface area contributed by atoms with Gasteiger partial charge in [0.15, 0.2) is 11.6 Å². The average molecular weight is 1100 g/mol. The fraction of sp³-hybridized carbons (Fsp3) is 0. The Morgan fingerprint density at radius 3 is 0.825 bits per heavy atom. The first kappa shape index (κ1) is 47.3. The molecule has 0 saturated heterocycles. The zero-order chi connectivity index (χ0) is 53.3. The molecule has 15 nitrogen and oxygen atoms in total. The minimum atomic E-state index is -1.28. The lowest BCUT2D eigenvalue weighted by Crippen LogP contribution is -2.23. The van der Waals surface area contributed by atoms with Crippen molar-refractivity contribution in [2.45, 2.75) is 29.4 Å². The highest BCUT2D eigenvalue weighted by Crippen LogP contribution is 2.57. The van der Waals surface area contributed by atoms with E-state index < -0.39 is 11.9 Å². The highest BCUT2D eigenvalue weighted by molar-refractivity contribution is 8.00. The summed E-state index contributed by atoms with van der Waals surface area (Å²) in [6.45, 7) is 0. The second kappa shape index (κ2) is 19.5. The van der Waals surface area contributed by atoms with Gasteiger partial charge in [0.25, 0.3) is 11.9 Å². The zero-order valence-electron chi connectivity index (χ0n) is 41.2. The summed E-state index contributed by atoms with van der Waals surface area (Å²) in [4.78, 5) is 65.3. The van der Waals surface area contributed by atoms with Crippen LogP contribution in [0.25, 0.3) is 66.2 Å². The van der Waals surface area contributed by atoms with E-state index in [0.717, 1.165) is 42.3 Å². The molecule has 6 aromatic heterocycles. The number of hydrogen-bond acceptors (Lipinski definition) is 18. The van der Waals surface area contributed by atoms with Gasteiger partial charge in [-0.15, -0.1) is 0 Å². The van der Waals surface area contributed by atoms with E-state index in [4.69, 9.17) is 19.9 Å². The quantitative estimate of drug-likeness (QED) is 0.162. The molecule has 0 saturated carbocycles. The van der Waals surface area contributed by atoms with Crippen molar-refractivity contribution in [3.63, 3.8) is 0 Å². The van der Waals surface area contributed by atoms with Crippen LogP contribution in [0.1, 0.15) is 0 Å². The third kappa shape index (κ3) is 7.98. The van der Waals surface area contributed by atoms with Gasteiger partial charge >= 0.3 is 0 Å². The van der Waals surface area contributed by atoms with Gasteiger partial charge in [-0.3, -0.25) is 49.7 Å². The Morgan fingerprint density at radius 1 is 0.275 bits per heavy atom. The van der Waals surface area contributed by atoms with E-state index in [1.807, 2.05) is 11.8 Å². The van der Waals surface area contributed by atoms with Crippen molar-refractivity contribution in [3.05, 3.63) is 207 Å². The molecule has 0 fully saturated rings. The van der Waals surface area contributed by atoms with E-state index in [1.54, 1.807) is 48.3 Å². The van der Waals surface area contributed by atoms with Crippen molar-refractivity contribution < 1.29 is 8.78 Å². The van der Waals surface area contributed by atoms with Crippen LogP contribution in [0.2, 0.25) is 0 Å². The van der Waals surface area contributed by atoms with Crippen molar-refractivity contribution >= 4 is 147 Å². The molecule has 0 atom stereocenters. The van der Waals surface area contributed by atoms with Crippen molar-refractivity contribution in [3.8, 4) is 0 Å². The predicted molar refractivity (Wildman–Crippen MR) is 309 cm³/mol. The van der Waals surface area contributed by atoms with Crippen LogP contribution < -0.4 is 15.1 Å². The Kier molecular flexibility index (Phi) is 11.6. The van der Waals surface area contributed by atoms with Gasteiger partial charge in [-0.2, -0.15) is 8.78 Å². The molecule has 0 aliphatic carbocycles. The summed E-state index contributed by atoms with van der Waals surface area (Å²) in [5.74, 6) is -1.21. The summed E-state index contributed by atoms with van der Waals surface area (Å²) in [6.07, 6.45) is 12.6. The van der Waals surface area contributed by atoms with Crippen LogP contribution in [-0.4, -0.2) is 59.8 Å². The lowest BCUT2D eigenvalue weighted by atomic mass is 10.1. The summed E-state index contributed by atoms with van der Waals surface area (Å²) in [7, 11) is 0. The van der Waals surface area contributed by atoms with E-state index in [9.17, 15) is 8.78 Å². The number of halogens is 2. The third-order valence-corrected chi connectivity index (χ3v) is 16.8. The Bertz CT molecular complexity index is 4410. The Labute approximate surface area is 464 Å². The van der Waals surface area contributed by atoms with E-state index in [-0.39, 0.29) is 11.0 Å². The molecule has 0 radical (unpaired) electrons. The summed E-state index contributed by atoms with van der Waals surface area (Å²) in [6, 6.07) is 50.5. The van der Waals surface area contributed by atoms with Gasteiger partial charge in [0.2, 0.25) is 0 Å². The molecule has 0 bridgehead atoms. The molecular weight excluding hydrogens is 1060 g/mol. The van der Waals surface area contributed by atoms with Gasteiger partial charge in [0, 0.05) is 78.9 Å². The number of nitrogens with one attached hydrogen (secondary N) is 1. The Hall–Kier alpha value is -9.89. The highest BCUT2D eigenvalue weighted by atomic mass is 32.2. The van der Waals surface area contributed by atoms with Crippen molar-refractivity contribution in [2.75, 3.05) is 15.1 Å². The number of hydrogen-bond donors (Lipinski definition) is 1. The number of fused-ring (bicyclic) bond motifs is 18. The number of para-hydroxylation sites is 6. The summed E-state index contributed by atoms with van der Waals surface area (Å²) in [5.41, 5.74) is 12.0. The third-order valence-electron chi connectivity index (χ3n) is 13.4. The van der Waals surface area contributed by atoms with Crippen molar-refractivity contribution in [1.82, 2.24) is 59.8 Å². The molecule has 3 aliphatic heterocycles. The molecule has 1 N–H and O–H groups in total. The first-order valence-corrected chi connectivity index (χ1v) is 27.3. The molecular formula is C60H33F2N15S3. The first-order valence-electron chi connectivity index (χ1n) is 24.9. The van der Waals surface area contributed by atoms with E-state index in [1.165, 1.54) is 46.0 Å². The monoisotopic (exact) mass is 1100 g/mol. The molecule has 8 aromatic carbocycles. The molecule has 17 rings (SSSR count). The first-order chi connectivity index (χ1) is 39.5. The second-order valence-electron chi connectivity index (χ2n) is 18.0. The number of nitrogens with zero attached hydrogens (tertiary/aromatic N) is 14. The summed E-state index contributed by atoms with van der Waals surface area (Å²) >= 11 is 5.34. The predicted octanol–water partition coefficient (Wildman–Crippen LogP) is 15.1. The summed E-state index contributed by atoms with van der Waals surface area (Å²) in [5, 5.41) is 3.42. The molecule has 0 amide bonds. The second-order valence-corrected chi connectivity index (χ2v) is 21.3. The zero-order valence-corrected chi connectivity index (χ0v) is 43.7. The maximum absolute atomic E-state index is 13.3. The number of benzene rings is 8. The fourth-order valence-electron chi connectivity index (χ4n) is 9.96. The molecule has 0 unspecified atom stereocenters. The van der Waals surface area contributed by atoms with Crippen LogP contribution in [0.4, 0.5) is 54.5 Å². The molecule has 9 heterocycles. The maximum Gasteiger partial charge on any atom is 0.269 e. The highest BCUT2D eigenvalue weighted by Gasteiger charge is 2.35. The van der Waals surface area contributed by atoms with Crippen molar-refractivity contribution in [2.24, 2.45) is 0 Å². The molecule has 14 aromatic rings. The number of anilines is 8. The molecule has 0 spiro atoms. The molecule has 380 valence electrons. The van der Waals surface area contributed by atoms with Crippen LogP contribution in [0.15, 0.2) is 225 Å². The lowest BCUT2D eigenvalue weighted by molar-refractivity contribution is 0.459. The Morgan fingerprint density at radius 2 is 0.512 bits per heavy atom. The summed E-state index contributed by atoms with van der Waals surface area (Å²) < 4.78 is 26.7. The normalized spacial score (nSPS) is 12.8. The van der Waals surface area contributed by atoms with Crippen molar-refractivity contribution in [1.29, 1.82) is 0 Å². The molecule has 20 heteroatoms. The van der Waals surface area contributed by atoms with E-state index >= 15 is 0 Å². The number of aromatic nitrogens is 12. The topological polar surface area (TPSA) is 173 Å². The maximum atomic E-state index is 13.3. The SMILES string of the molecule is Fc1nc2c3nccnc3c3nccnc3c2nc1F.c1ccc2c(c1)Nc1ccccc1S2.c1ccc2c(c1)Sc1ccccc1N2c1nc2c3nccnc3c3nccnc3c2nc1N1c2ccccc2Sc2ccccc21. The van der Waals surface area contributed by atoms with Gasteiger partial charge in [-0.1, -0.05) is 108 Å². The average Bonchev–Trinajstić information content (AvgIpc) is 3.61. The van der Waals surface area contributed by atoms with Crippen LogP contribution in [-0.2, 0) is 0 Å². The van der Waals surface area contributed by atoms with Gasteiger partial charge in [0.1, 0.15) is 66.2 Å². The van der Waals surface area contributed by atoms with Gasteiger partial charge in [-0.05, 0) is 72.8 Å². The number of rotatable bonds is 2. The Balaban J connectivity index is 0.000000132. The smallest absolute Gasteiger partial charge is 0.269 e. The van der Waals surface area contributed by atoms with Crippen LogP contribution >= 0.6 is 35.3 Å². The molecule has 80 heavy (non-hydrogen) atoms. The standard InChI is InChI=1S/C36H20N8S2.C12H4F2N6.C12H9NS/c1-5-13-25-21(9-1)43(22-10-2-6-14-26(22)45-25)35-36(44-23-11-3-7-15-27(23)46-28-16-8-4-12-24(28)44)42-34-32-30(38-18-20-40-32)29-31(33(34)41-35)39-19-17-37-29;13-11-12(14)20-10-8-6(16-2-4-18-8)5-7(9(10)19-11)17-3-1-15-5;1-3-7-11-9(5-1)13-10-6-2-4-8-12(10)14-11/h1-20H;1-4H;1-8,13H. The van der Waals surface area contributed by atoms with E-state index in [0.29, 0.717) is 66.8 Å². The van der Waals surface area contributed by atoms with Gasteiger partial charge < -0.3 is 5.32 Å². The van der Waals surface area contributed by atoms with Gasteiger partial charge in [0.05, 0.1) is 34.1 Å². The van der Waals surface area contributed by atoms with Crippen LogP contribution in [0.3, 0.4) is 0 Å². The van der Waals surface area contributed by atoms with E-state index in [2.05, 4.69) is 201 Å². The van der Waals surface area contributed by atoms with Gasteiger partial charge in [-0.25, -0.2) is 19.9 Å². The lowest BCUT2D eigenvalue weighted by Gasteiger charge is -2.37. The minimum absolute atomic E-state index is 0.111. The minimum Gasteiger partial charge on any atom is -0.354 e.